The molecule has 1 unspecified atom stereocenters. The Morgan fingerprint density at radius 3 is 2.71 bits per heavy atom. The molecule has 3 rings (SSSR count). The topological polar surface area (TPSA) is 24.5 Å². The molecule has 3 nitrogen and oxygen atoms in total. The molecule has 0 saturated heterocycles. The largest absolute Gasteiger partial charge is 0.375 e. The summed E-state index contributed by atoms with van der Waals surface area (Å²) in [4.78, 5) is 2.44. The molecule has 1 heterocycles. The first-order chi connectivity index (χ1) is 10.2. The highest BCUT2D eigenvalue weighted by Gasteiger charge is 2.35. The molecule has 1 aliphatic heterocycles. The van der Waals surface area contributed by atoms with Crippen LogP contribution in [0.2, 0.25) is 0 Å². The molecule has 0 bridgehead atoms. The van der Waals surface area contributed by atoms with Gasteiger partial charge in [-0.15, -0.1) is 0 Å². The molecule has 1 fully saturated rings. The monoisotopic (exact) mass is 288 g/mol. The van der Waals surface area contributed by atoms with Crippen LogP contribution in [0.25, 0.3) is 0 Å². The van der Waals surface area contributed by atoms with Crippen molar-refractivity contribution in [3.8, 4) is 0 Å². The van der Waals surface area contributed by atoms with Gasteiger partial charge < -0.3 is 15.0 Å². The quantitative estimate of drug-likeness (QED) is 0.921. The molecule has 1 aromatic carbocycles. The van der Waals surface area contributed by atoms with Gasteiger partial charge in [0, 0.05) is 12.1 Å². The van der Waals surface area contributed by atoms with Crippen molar-refractivity contribution in [2.75, 3.05) is 27.2 Å². The predicted molar refractivity (Wildman–Crippen MR) is 86.3 cm³/mol. The average molecular weight is 288 g/mol. The maximum absolute atomic E-state index is 5.77. The number of nitrogens with one attached hydrogen (secondary N) is 1. The van der Waals surface area contributed by atoms with Crippen molar-refractivity contribution < 1.29 is 4.74 Å². The van der Waals surface area contributed by atoms with Crippen molar-refractivity contribution in [1.29, 1.82) is 0 Å². The third kappa shape index (κ3) is 3.15. The molecule has 2 aliphatic rings. The number of rotatable bonds is 4. The van der Waals surface area contributed by atoms with Crippen molar-refractivity contribution in [3.63, 3.8) is 0 Å². The van der Waals surface area contributed by atoms with Gasteiger partial charge in [0.2, 0.25) is 0 Å². The van der Waals surface area contributed by atoms with Gasteiger partial charge in [-0.25, -0.2) is 0 Å². The van der Waals surface area contributed by atoms with Crippen molar-refractivity contribution in [3.05, 3.63) is 35.4 Å². The van der Waals surface area contributed by atoms with Crippen molar-refractivity contribution in [1.82, 2.24) is 10.2 Å². The van der Waals surface area contributed by atoms with Crippen LogP contribution in [-0.2, 0) is 11.3 Å². The Morgan fingerprint density at radius 2 is 1.95 bits per heavy atom. The summed E-state index contributed by atoms with van der Waals surface area (Å²) < 4.78 is 5.77. The van der Waals surface area contributed by atoms with E-state index in [1.54, 1.807) is 0 Å². The first kappa shape index (κ1) is 15.0. The van der Waals surface area contributed by atoms with Gasteiger partial charge in [0.15, 0.2) is 0 Å². The minimum absolute atomic E-state index is 0.324. The van der Waals surface area contributed by atoms with Crippen LogP contribution in [0.4, 0.5) is 0 Å². The molecule has 1 saturated carbocycles. The molecule has 1 atom stereocenters. The lowest BCUT2D eigenvalue weighted by molar-refractivity contribution is 0.0613. The third-order valence-electron chi connectivity index (χ3n) is 5.38. The number of ether oxygens (including phenoxy) is 1. The Morgan fingerprint density at radius 1 is 1.19 bits per heavy atom. The molecule has 1 aliphatic carbocycles. The van der Waals surface area contributed by atoms with Crippen LogP contribution < -0.4 is 5.32 Å². The molecule has 0 amide bonds. The summed E-state index contributed by atoms with van der Waals surface area (Å²) in [6.45, 7) is 2.61. The summed E-state index contributed by atoms with van der Waals surface area (Å²) in [7, 11) is 4.47. The Bertz CT molecular complexity index is 466. The second-order valence-corrected chi connectivity index (χ2v) is 6.83. The summed E-state index contributed by atoms with van der Waals surface area (Å²) >= 11 is 0. The van der Waals surface area contributed by atoms with E-state index in [2.05, 4.69) is 48.6 Å². The minimum atomic E-state index is 0.324. The van der Waals surface area contributed by atoms with Gasteiger partial charge in [-0.1, -0.05) is 43.5 Å². The van der Waals surface area contributed by atoms with Crippen molar-refractivity contribution in [2.45, 2.75) is 50.3 Å². The Balaban J connectivity index is 1.69. The molecular weight excluding hydrogens is 260 g/mol. The van der Waals surface area contributed by atoms with E-state index >= 15 is 0 Å². The van der Waals surface area contributed by atoms with Gasteiger partial charge in [-0.2, -0.15) is 0 Å². The van der Waals surface area contributed by atoms with E-state index < -0.39 is 0 Å². The van der Waals surface area contributed by atoms with Crippen LogP contribution in [0.1, 0.15) is 49.3 Å². The fourth-order valence-electron chi connectivity index (χ4n) is 3.86. The van der Waals surface area contributed by atoms with E-state index in [1.807, 2.05) is 0 Å². The second-order valence-electron chi connectivity index (χ2n) is 6.83. The van der Waals surface area contributed by atoms with Crippen LogP contribution in [0, 0.1) is 0 Å². The fraction of sp³-hybridized carbons (Fsp3) is 0.667. The van der Waals surface area contributed by atoms with Crippen LogP contribution >= 0.6 is 0 Å². The van der Waals surface area contributed by atoms with Crippen molar-refractivity contribution >= 4 is 0 Å². The lowest BCUT2D eigenvalue weighted by atomic mass is 9.80. The average Bonchev–Trinajstić information content (AvgIpc) is 2.53. The maximum atomic E-state index is 5.77. The van der Waals surface area contributed by atoms with E-state index in [-0.39, 0.29) is 0 Å². The first-order valence-electron chi connectivity index (χ1n) is 8.28. The molecule has 0 spiro atoms. The lowest BCUT2D eigenvalue weighted by Crippen LogP contribution is -2.53. The number of likely N-dealkylation sites (N-methyl/N-ethyl adjacent to an activating group) is 1. The van der Waals surface area contributed by atoms with Crippen LogP contribution in [0.15, 0.2) is 24.3 Å². The standard InChI is InChI=1S/C18H28N2O/c1-20(2)18(10-6-3-7-11-18)14-19-17-13-21-12-15-8-4-5-9-16(15)17/h4-5,8-9,17,19H,3,6-7,10-14H2,1-2H3. The second kappa shape index (κ2) is 6.47. The summed E-state index contributed by atoms with van der Waals surface area (Å²) in [5.41, 5.74) is 3.09. The Hall–Kier alpha value is -0.900. The van der Waals surface area contributed by atoms with E-state index in [4.69, 9.17) is 4.74 Å². The van der Waals surface area contributed by atoms with Gasteiger partial charge >= 0.3 is 0 Å². The third-order valence-corrected chi connectivity index (χ3v) is 5.38. The zero-order chi connectivity index (χ0) is 14.7. The van der Waals surface area contributed by atoms with Crippen LogP contribution in [-0.4, -0.2) is 37.7 Å². The highest BCUT2D eigenvalue weighted by Crippen LogP contribution is 2.33. The molecule has 0 radical (unpaired) electrons. The van der Waals surface area contributed by atoms with Crippen LogP contribution in [0.3, 0.4) is 0 Å². The smallest absolute Gasteiger partial charge is 0.0721 e. The highest BCUT2D eigenvalue weighted by molar-refractivity contribution is 5.31. The Labute approximate surface area is 128 Å². The maximum Gasteiger partial charge on any atom is 0.0721 e. The summed E-state index contributed by atoms with van der Waals surface area (Å²) in [6, 6.07) is 9.02. The van der Waals surface area contributed by atoms with Gasteiger partial charge in [0.1, 0.15) is 0 Å². The molecule has 3 heteroatoms. The van der Waals surface area contributed by atoms with Gasteiger partial charge in [-0.3, -0.25) is 0 Å². The summed E-state index contributed by atoms with van der Waals surface area (Å²) in [5, 5.41) is 3.80. The highest BCUT2D eigenvalue weighted by atomic mass is 16.5. The summed E-state index contributed by atoms with van der Waals surface area (Å²) in [6.07, 6.45) is 6.73. The number of benzene rings is 1. The number of hydrogen-bond donors (Lipinski definition) is 1. The fourth-order valence-corrected chi connectivity index (χ4v) is 3.86. The molecule has 116 valence electrons. The summed E-state index contributed by atoms with van der Waals surface area (Å²) in [5.74, 6) is 0. The molecule has 1 N–H and O–H groups in total. The zero-order valence-electron chi connectivity index (χ0n) is 13.4. The minimum Gasteiger partial charge on any atom is -0.375 e. The molecule has 21 heavy (non-hydrogen) atoms. The van der Waals surface area contributed by atoms with E-state index in [1.165, 1.54) is 43.2 Å². The SMILES string of the molecule is CN(C)C1(CNC2COCc3ccccc32)CCCCC1. The van der Waals surface area contributed by atoms with Crippen molar-refractivity contribution in [2.24, 2.45) is 0 Å². The van der Waals surface area contributed by atoms with E-state index in [0.717, 1.165) is 19.8 Å². The van der Waals surface area contributed by atoms with Gasteiger partial charge in [0.25, 0.3) is 0 Å². The van der Waals surface area contributed by atoms with Gasteiger partial charge in [0.05, 0.1) is 19.3 Å². The van der Waals surface area contributed by atoms with E-state index in [0.29, 0.717) is 11.6 Å². The number of nitrogens with zero attached hydrogens (tertiary/aromatic N) is 1. The number of hydrogen-bond acceptors (Lipinski definition) is 3. The number of fused-ring (bicyclic) bond motifs is 1. The zero-order valence-corrected chi connectivity index (χ0v) is 13.4. The lowest BCUT2D eigenvalue weighted by Gasteiger charge is -2.44. The van der Waals surface area contributed by atoms with Gasteiger partial charge in [-0.05, 0) is 38.1 Å². The van der Waals surface area contributed by atoms with Crippen LogP contribution in [0.5, 0.6) is 0 Å². The molecule has 1 aromatic rings. The molecule has 0 aromatic heterocycles. The normalized spacial score (nSPS) is 24.8. The Kier molecular flexibility index (Phi) is 4.63. The first-order valence-corrected chi connectivity index (χ1v) is 8.28. The molecular formula is C18H28N2O. The predicted octanol–water partition coefficient (Wildman–Crippen LogP) is 3.11. The van der Waals surface area contributed by atoms with E-state index in [9.17, 15) is 0 Å².